The molecule has 2 heterocycles. The van der Waals surface area contributed by atoms with Gasteiger partial charge in [-0.3, -0.25) is 19.4 Å². The van der Waals surface area contributed by atoms with E-state index >= 15 is 0 Å². The smallest absolute Gasteiger partial charge is 0.258 e. The van der Waals surface area contributed by atoms with Crippen LogP contribution in [0, 0.1) is 24.7 Å². The maximum Gasteiger partial charge on any atom is 0.258 e. The second-order valence-electron chi connectivity index (χ2n) is 12.4. The molecule has 246 valence electrons. The van der Waals surface area contributed by atoms with Crippen molar-refractivity contribution >= 4 is 17.7 Å². The van der Waals surface area contributed by atoms with Gasteiger partial charge in [-0.2, -0.15) is 0 Å². The number of pyridine rings is 1. The maximum atomic E-state index is 13.7. The van der Waals surface area contributed by atoms with Crippen LogP contribution in [0.4, 0.5) is 0 Å². The first-order valence-corrected chi connectivity index (χ1v) is 16.5. The number of ether oxygens (including phenoxy) is 1. The van der Waals surface area contributed by atoms with Gasteiger partial charge in [0.15, 0.2) is 6.10 Å². The van der Waals surface area contributed by atoms with Crippen LogP contribution < -0.4 is 11.1 Å². The Hall–Kier alpha value is -3.88. The Morgan fingerprint density at radius 1 is 1.16 bits per heavy atom. The number of piperidine rings is 1. The lowest BCUT2D eigenvalue weighted by Crippen LogP contribution is -2.60. The van der Waals surface area contributed by atoms with E-state index in [1.807, 2.05) is 50.9 Å². The molecule has 4 atom stereocenters. The summed E-state index contributed by atoms with van der Waals surface area (Å²) in [5.41, 5.74) is 6.86. The van der Waals surface area contributed by atoms with E-state index in [4.69, 9.17) is 10.5 Å². The largest absolute Gasteiger partial charge is 0.507 e. The average molecular weight is 621 g/mol. The molecule has 1 aliphatic heterocycles. The molecule has 3 unspecified atom stereocenters. The number of nitrogens with two attached hydrogens (primary N) is 1. The molecule has 0 spiro atoms. The van der Waals surface area contributed by atoms with Crippen LogP contribution in [0.1, 0.15) is 94.5 Å². The lowest BCUT2D eigenvalue weighted by molar-refractivity contribution is -0.142. The minimum Gasteiger partial charge on any atom is -0.507 e. The molecule has 9 heteroatoms. The van der Waals surface area contributed by atoms with E-state index in [1.54, 1.807) is 24.4 Å². The number of hydrogen-bond donors (Lipinski definition) is 3. The Kier molecular flexibility index (Phi) is 13.9. The quantitative estimate of drug-likeness (QED) is 0.253. The highest BCUT2D eigenvalue weighted by Crippen LogP contribution is 2.37. The monoisotopic (exact) mass is 620 g/mol. The van der Waals surface area contributed by atoms with Gasteiger partial charge in [-0.15, -0.1) is 0 Å². The number of nitrogens with one attached hydrogen (secondary N) is 1. The van der Waals surface area contributed by atoms with Gasteiger partial charge in [0.05, 0.1) is 11.3 Å². The summed E-state index contributed by atoms with van der Waals surface area (Å²) in [6.45, 7) is 12.5. The average Bonchev–Trinajstić information content (AvgIpc) is 3.84. The summed E-state index contributed by atoms with van der Waals surface area (Å²) in [6, 6.07) is 9.78. The molecule has 0 bridgehead atoms. The van der Waals surface area contributed by atoms with Crippen LogP contribution in [0.2, 0.25) is 0 Å². The number of nitrogens with zero attached hydrogens (tertiary/aromatic N) is 2. The molecular formula is C36H52N4O5. The number of phenols is 1. The highest BCUT2D eigenvalue weighted by Gasteiger charge is 2.42. The Labute approximate surface area is 268 Å². The van der Waals surface area contributed by atoms with E-state index in [9.17, 15) is 19.5 Å². The molecule has 3 fully saturated rings. The van der Waals surface area contributed by atoms with Crippen LogP contribution in [-0.4, -0.2) is 57.4 Å². The number of aromatic hydroxyl groups is 1. The molecule has 4 N–H and O–H groups in total. The lowest BCUT2D eigenvalue weighted by atomic mass is 9.76. The van der Waals surface area contributed by atoms with Crippen LogP contribution in [0.25, 0.3) is 0 Å². The Balaban J connectivity index is 0.000000534. The summed E-state index contributed by atoms with van der Waals surface area (Å²) in [7, 11) is 0. The number of carbonyl (C=O) groups excluding carboxylic acids is 3. The van der Waals surface area contributed by atoms with Crippen LogP contribution in [0.15, 0.2) is 61.1 Å². The second-order valence-corrected chi connectivity index (χ2v) is 12.4. The zero-order chi connectivity index (χ0) is 32.9. The van der Waals surface area contributed by atoms with Crippen molar-refractivity contribution in [2.75, 3.05) is 6.54 Å². The molecule has 3 aliphatic rings. The number of carbonyl (C=O) groups is 3. The topological polar surface area (TPSA) is 135 Å². The SMILES string of the molecule is C=C(CCCN1C(=O)C(NC(=O)c2ccccc2O)C(C)C[C@@H]1CC1CCC1)OC(C(N)=O)C1CC1.CC.Cc1cccnc1. The van der Waals surface area contributed by atoms with Gasteiger partial charge in [0, 0.05) is 37.3 Å². The van der Waals surface area contributed by atoms with Crippen molar-refractivity contribution in [1.82, 2.24) is 15.2 Å². The maximum absolute atomic E-state index is 13.7. The molecule has 2 saturated carbocycles. The molecular weight excluding hydrogens is 568 g/mol. The fraction of sp³-hybridized carbons (Fsp3) is 0.556. The standard InChI is InChI=1S/C28H39N3O5.C6H7N.C2H6/c1-17-15-21(16-19-8-5-9-19)31(14-6-7-18(2)36-25(26(29)33)20-12-13-20)28(35)24(17)30-27(34)22-10-3-4-11-23(22)32;1-6-3-2-4-7-5-6;1-2/h3-4,10-11,17,19-21,24-25,32H,2,5-9,12-16H2,1H3,(H2,29,33)(H,30,34);2-5H,1H3;1-2H3/t17?,21-,24?,25?;;/m1../s1. The van der Waals surface area contributed by atoms with E-state index in [0.29, 0.717) is 31.1 Å². The van der Waals surface area contributed by atoms with Crippen molar-refractivity contribution in [1.29, 1.82) is 0 Å². The molecule has 1 saturated heterocycles. The number of primary amides is 1. The fourth-order valence-electron chi connectivity index (χ4n) is 5.93. The van der Waals surface area contributed by atoms with Crippen LogP contribution in [0.3, 0.4) is 0 Å². The predicted octanol–water partition coefficient (Wildman–Crippen LogP) is 5.91. The predicted molar refractivity (Wildman–Crippen MR) is 176 cm³/mol. The van der Waals surface area contributed by atoms with Crippen LogP contribution in [-0.2, 0) is 14.3 Å². The summed E-state index contributed by atoms with van der Waals surface area (Å²) in [5.74, 6) is 0.247. The van der Waals surface area contributed by atoms with Gasteiger partial charge in [0.25, 0.3) is 11.8 Å². The van der Waals surface area contributed by atoms with E-state index in [-0.39, 0.29) is 35.1 Å². The van der Waals surface area contributed by atoms with E-state index in [1.165, 1.54) is 30.9 Å². The van der Waals surface area contributed by atoms with Crippen molar-refractivity contribution in [3.63, 3.8) is 0 Å². The molecule has 0 radical (unpaired) electrons. The number of rotatable bonds is 12. The zero-order valence-electron chi connectivity index (χ0n) is 27.4. The van der Waals surface area contributed by atoms with E-state index in [2.05, 4.69) is 16.9 Å². The number of benzene rings is 1. The van der Waals surface area contributed by atoms with Gasteiger partial charge >= 0.3 is 0 Å². The summed E-state index contributed by atoms with van der Waals surface area (Å²) in [5, 5.41) is 12.9. The molecule has 1 aromatic heterocycles. The summed E-state index contributed by atoms with van der Waals surface area (Å²) in [6.07, 6.45) is 11.5. The number of hydrogen-bond acceptors (Lipinski definition) is 6. The van der Waals surface area contributed by atoms with Crippen molar-refractivity contribution in [3.05, 3.63) is 72.3 Å². The summed E-state index contributed by atoms with van der Waals surface area (Å²) in [4.78, 5) is 44.0. The second kappa shape index (κ2) is 17.6. The molecule has 45 heavy (non-hydrogen) atoms. The van der Waals surface area contributed by atoms with Gasteiger partial charge in [0.1, 0.15) is 11.8 Å². The van der Waals surface area contributed by atoms with Crippen molar-refractivity contribution in [2.45, 2.75) is 104 Å². The Morgan fingerprint density at radius 3 is 2.40 bits per heavy atom. The third-order valence-electron chi connectivity index (χ3n) is 8.76. The van der Waals surface area contributed by atoms with Gasteiger partial charge in [-0.05, 0) is 74.6 Å². The van der Waals surface area contributed by atoms with Gasteiger partial charge in [-0.25, -0.2) is 0 Å². The van der Waals surface area contributed by atoms with Crippen molar-refractivity contribution in [3.8, 4) is 5.75 Å². The molecule has 3 amide bonds. The molecule has 2 aromatic rings. The van der Waals surface area contributed by atoms with E-state index < -0.39 is 24.0 Å². The molecule has 9 nitrogen and oxygen atoms in total. The Morgan fingerprint density at radius 2 is 1.87 bits per heavy atom. The van der Waals surface area contributed by atoms with Gasteiger partial charge in [-0.1, -0.05) is 64.8 Å². The van der Waals surface area contributed by atoms with Crippen molar-refractivity contribution in [2.24, 2.45) is 23.5 Å². The number of phenolic OH excluding ortho intramolecular Hbond substituents is 1. The third-order valence-corrected chi connectivity index (χ3v) is 8.76. The number of amides is 3. The normalized spacial score (nSPS) is 21.6. The number of aryl methyl sites for hydroxylation is 1. The minimum atomic E-state index is -0.650. The molecule has 5 rings (SSSR count). The number of aromatic nitrogens is 1. The lowest BCUT2D eigenvalue weighted by Gasteiger charge is -2.45. The van der Waals surface area contributed by atoms with Gasteiger partial charge < -0.3 is 25.8 Å². The summed E-state index contributed by atoms with van der Waals surface area (Å²) < 4.78 is 5.77. The third kappa shape index (κ3) is 10.6. The molecule has 2 aliphatic carbocycles. The highest BCUT2D eigenvalue weighted by atomic mass is 16.5. The van der Waals surface area contributed by atoms with Crippen molar-refractivity contribution < 1.29 is 24.2 Å². The first kappa shape index (κ1) is 35.6. The number of likely N-dealkylation sites (tertiary alicyclic amines) is 1. The highest BCUT2D eigenvalue weighted by molar-refractivity contribution is 5.99. The molecule has 1 aromatic carbocycles. The number of allylic oxidation sites excluding steroid dienone is 1. The number of para-hydroxylation sites is 1. The first-order valence-electron chi connectivity index (χ1n) is 16.5. The Bertz CT molecular complexity index is 1260. The summed E-state index contributed by atoms with van der Waals surface area (Å²) >= 11 is 0. The fourth-order valence-corrected chi connectivity index (χ4v) is 5.93. The first-order chi connectivity index (χ1) is 21.6. The van der Waals surface area contributed by atoms with Gasteiger partial charge in [0.2, 0.25) is 5.91 Å². The zero-order valence-corrected chi connectivity index (χ0v) is 27.4. The van der Waals surface area contributed by atoms with E-state index in [0.717, 1.165) is 25.7 Å². The van der Waals surface area contributed by atoms with Crippen LogP contribution in [0.5, 0.6) is 5.75 Å². The minimum absolute atomic E-state index is 0.0122. The van der Waals surface area contributed by atoms with Crippen LogP contribution >= 0.6 is 0 Å².